The number of carbonyl (C=O) groups excluding carboxylic acids is 1. The molecule has 0 aliphatic carbocycles. The van der Waals surface area contributed by atoms with Crippen molar-refractivity contribution in [3.8, 4) is 5.69 Å². The molecule has 3 aromatic carbocycles. The van der Waals surface area contributed by atoms with Crippen LogP contribution in [0.25, 0.3) is 16.6 Å². The van der Waals surface area contributed by atoms with E-state index in [-0.39, 0.29) is 5.91 Å². The molecule has 0 radical (unpaired) electrons. The quantitative estimate of drug-likeness (QED) is 0.343. The standard InChI is InChI=1S/C28H27N5O2/c1-21-17-24-9-5-6-10-27(24)32(21)16-15-29-28(34)23-11-13-26(14-12-23)33-18-25(30-31-33)20-35-19-22-7-3-2-4-8-22/h2-14,17-18H,15-16,19-20H2,1H3,(H,29,34). The molecule has 0 atom stereocenters. The van der Waals surface area contributed by atoms with E-state index in [1.807, 2.05) is 60.8 Å². The number of carbonyl (C=O) groups is 1. The number of ether oxygens (including phenoxy) is 1. The number of para-hydroxylation sites is 1. The third-order valence-electron chi connectivity index (χ3n) is 5.94. The van der Waals surface area contributed by atoms with Gasteiger partial charge in [0, 0.05) is 29.9 Å². The lowest BCUT2D eigenvalue weighted by Crippen LogP contribution is -2.27. The van der Waals surface area contributed by atoms with Gasteiger partial charge in [0.25, 0.3) is 5.91 Å². The molecular formula is C28H27N5O2. The van der Waals surface area contributed by atoms with Crippen molar-refractivity contribution in [1.82, 2.24) is 24.9 Å². The highest BCUT2D eigenvalue weighted by atomic mass is 16.5. The Labute approximate surface area is 204 Å². The second-order valence-electron chi connectivity index (χ2n) is 8.43. The minimum Gasteiger partial charge on any atom is -0.370 e. The van der Waals surface area contributed by atoms with Crippen molar-refractivity contribution >= 4 is 16.8 Å². The van der Waals surface area contributed by atoms with Crippen LogP contribution in [-0.4, -0.2) is 32.0 Å². The number of fused-ring (bicyclic) bond motifs is 1. The van der Waals surface area contributed by atoms with Gasteiger partial charge in [0.2, 0.25) is 0 Å². The molecule has 7 nitrogen and oxygen atoms in total. The first-order valence-corrected chi connectivity index (χ1v) is 11.6. The molecule has 5 aromatic rings. The van der Waals surface area contributed by atoms with Crippen molar-refractivity contribution in [3.63, 3.8) is 0 Å². The van der Waals surface area contributed by atoms with Gasteiger partial charge in [-0.3, -0.25) is 4.79 Å². The summed E-state index contributed by atoms with van der Waals surface area (Å²) in [5.74, 6) is -0.0979. The maximum atomic E-state index is 12.6. The van der Waals surface area contributed by atoms with Crippen molar-refractivity contribution in [2.45, 2.75) is 26.7 Å². The molecule has 35 heavy (non-hydrogen) atoms. The molecule has 0 spiro atoms. The summed E-state index contributed by atoms with van der Waals surface area (Å²) in [5.41, 5.74) is 5.66. The molecule has 1 amide bonds. The fraction of sp³-hybridized carbons (Fsp3) is 0.179. The Bertz CT molecular complexity index is 1420. The summed E-state index contributed by atoms with van der Waals surface area (Å²) in [6.45, 7) is 4.27. The number of nitrogens with zero attached hydrogens (tertiary/aromatic N) is 4. The molecule has 2 aromatic heterocycles. The third-order valence-corrected chi connectivity index (χ3v) is 5.94. The van der Waals surface area contributed by atoms with E-state index in [4.69, 9.17) is 4.74 Å². The number of hydrogen-bond acceptors (Lipinski definition) is 4. The van der Waals surface area contributed by atoms with Crippen molar-refractivity contribution in [3.05, 3.63) is 114 Å². The second kappa shape index (κ2) is 10.4. The third kappa shape index (κ3) is 5.31. The van der Waals surface area contributed by atoms with E-state index < -0.39 is 0 Å². The zero-order chi connectivity index (χ0) is 24.0. The van der Waals surface area contributed by atoms with Crippen LogP contribution in [0, 0.1) is 6.92 Å². The van der Waals surface area contributed by atoms with Crippen LogP contribution in [0.3, 0.4) is 0 Å². The number of aryl methyl sites for hydroxylation is 1. The Hall–Kier alpha value is -4.23. The summed E-state index contributed by atoms with van der Waals surface area (Å²) in [6, 6.07) is 27.8. The number of aromatic nitrogens is 4. The lowest BCUT2D eigenvalue weighted by atomic mass is 10.2. The predicted molar refractivity (Wildman–Crippen MR) is 135 cm³/mol. The van der Waals surface area contributed by atoms with Crippen LogP contribution in [0.4, 0.5) is 0 Å². The molecule has 0 saturated carbocycles. The Morgan fingerprint density at radius 3 is 2.54 bits per heavy atom. The van der Waals surface area contributed by atoms with Crippen molar-refractivity contribution in [1.29, 1.82) is 0 Å². The molecule has 0 aliphatic heterocycles. The number of rotatable bonds is 9. The number of amides is 1. The van der Waals surface area contributed by atoms with Gasteiger partial charge in [0.1, 0.15) is 5.69 Å². The van der Waals surface area contributed by atoms with E-state index in [1.54, 1.807) is 16.8 Å². The first kappa shape index (κ1) is 22.6. The number of nitrogens with one attached hydrogen (secondary N) is 1. The zero-order valence-electron chi connectivity index (χ0n) is 19.6. The van der Waals surface area contributed by atoms with Gasteiger partial charge >= 0.3 is 0 Å². The van der Waals surface area contributed by atoms with Crippen LogP contribution < -0.4 is 5.32 Å². The van der Waals surface area contributed by atoms with E-state index in [2.05, 4.69) is 45.3 Å². The van der Waals surface area contributed by atoms with Gasteiger partial charge in [-0.1, -0.05) is 53.7 Å². The van der Waals surface area contributed by atoms with Crippen LogP contribution >= 0.6 is 0 Å². The van der Waals surface area contributed by atoms with Gasteiger partial charge in [-0.15, -0.1) is 5.10 Å². The molecule has 1 N–H and O–H groups in total. The molecule has 5 rings (SSSR count). The fourth-order valence-electron chi connectivity index (χ4n) is 4.13. The Balaban J connectivity index is 1.14. The van der Waals surface area contributed by atoms with Crippen LogP contribution in [0.5, 0.6) is 0 Å². The second-order valence-corrected chi connectivity index (χ2v) is 8.43. The topological polar surface area (TPSA) is 74.0 Å². The normalized spacial score (nSPS) is 11.1. The minimum atomic E-state index is -0.0979. The maximum Gasteiger partial charge on any atom is 0.251 e. The van der Waals surface area contributed by atoms with Gasteiger partial charge in [-0.05, 0) is 54.3 Å². The highest BCUT2D eigenvalue weighted by Crippen LogP contribution is 2.18. The minimum absolute atomic E-state index is 0.0979. The predicted octanol–water partition coefficient (Wildman–Crippen LogP) is 4.68. The fourth-order valence-corrected chi connectivity index (χ4v) is 4.13. The summed E-state index contributed by atoms with van der Waals surface area (Å²) < 4.78 is 9.64. The van der Waals surface area contributed by atoms with Crippen molar-refractivity contribution in [2.24, 2.45) is 0 Å². The average molecular weight is 466 g/mol. The highest BCUT2D eigenvalue weighted by Gasteiger charge is 2.09. The molecule has 7 heteroatoms. The lowest BCUT2D eigenvalue weighted by Gasteiger charge is -2.10. The lowest BCUT2D eigenvalue weighted by molar-refractivity contribution is 0.0952. The van der Waals surface area contributed by atoms with Crippen LogP contribution in [0.1, 0.15) is 27.3 Å². The smallest absolute Gasteiger partial charge is 0.251 e. The van der Waals surface area contributed by atoms with Gasteiger partial charge in [0.05, 0.1) is 25.1 Å². The molecule has 2 heterocycles. The monoisotopic (exact) mass is 465 g/mol. The maximum absolute atomic E-state index is 12.6. The SMILES string of the molecule is Cc1cc2ccccc2n1CCNC(=O)c1ccc(-n2cc(COCc3ccccc3)nn2)cc1. The van der Waals surface area contributed by atoms with E-state index in [0.717, 1.165) is 23.5 Å². The van der Waals surface area contributed by atoms with Gasteiger partial charge < -0.3 is 14.6 Å². The van der Waals surface area contributed by atoms with Gasteiger partial charge in [-0.25, -0.2) is 4.68 Å². The molecule has 0 fully saturated rings. The van der Waals surface area contributed by atoms with Crippen molar-refractivity contribution < 1.29 is 9.53 Å². The van der Waals surface area contributed by atoms with E-state index in [1.165, 1.54) is 16.6 Å². The van der Waals surface area contributed by atoms with Crippen LogP contribution in [0.2, 0.25) is 0 Å². The van der Waals surface area contributed by atoms with Gasteiger partial charge in [-0.2, -0.15) is 0 Å². The molecule has 176 valence electrons. The summed E-state index contributed by atoms with van der Waals surface area (Å²) in [5, 5.41) is 12.6. The Kier molecular flexibility index (Phi) is 6.68. The Morgan fingerprint density at radius 2 is 1.71 bits per heavy atom. The van der Waals surface area contributed by atoms with E-state index >= 15 is 0 Å². The summed E-state index contributed by atoms with van der Waals surface area (Å²) in [4.78, 5) is 12.6. The zero-order valence-corrected chi connectivity index (χ0v) is 19.6. The van der Waals surface area contributed by atoms with Crippen LogP contribution in [0.15, 0.2) is 91.1 Å². The number of benzene rings is 3. The summed E-state index contributed by atoms with van der Waals surface area (Å²) >= 11 is 0. The van der Waals surface area contributed by atoms with E-state index in [0.29, 0.717) is 25.3 Å². The highest BCUT2D eigenvalue weighted by molar-refractivity contribution is 5.94. The average Bonchev–Trinajstić information content (AvgIpc) is 3.49. The first-order valence-electron chi connectivity index (χ1n) is 11.6. The molecular weight excluding hydrogens is 438 g/mol. The Morgan fingerprint density at radius 1 is 0.943 bits per heavy atom. The first-order chi connectivity index (χ1) is 17.2. The summed E-state index contributed by atoms with van der Waals surface area (Å²) in [6.07, 6.45) is 1.84. The van der Waals surface area contributed by atoms with Gasteiger partial charge in [0.15, 0.2) is 0 Å². The number of hydrogen-bond donors (Lipinski definition) is 1. The molecule has 0 saturated heterocycles. The summed E-state index contributed by atoms with van der Waals surface area (Å²) in [7, 11) is 0. The largest absolute Gasteiger partial charge is 0.370 e. The van der Waals surface area contributed by atoms with E-state index in [9.17, 15) is 4.79 Å². The molecule has 0 bridgehead atoms. The molecule has 0 aliphatic rings. The van der Waals surface area contributed by atoms with Crippen LogP contribution in [-0.2, 0) is 24.5 Å². The van der Waals surface area contributed by atoms with Crippen molar-refractivity contribution in [2.75, 3.05) is 6.54 Å². The molecule has 0 unspecified atom stereocenters.